The van der Waals surface area contributed by atoms with Crippen molar-refractivity contribution in [1.82, 2.24) is 0 Å². The fraction of sp³-hybridized carbons (Fsp3) is 0.333. The van der Waals surface area contributed by atoms with Crippen molar-refractivity contribution in [3.05, 3.63) is 40.8 Å². The van der Waals surface area contributed by atoms with Crippen LogP contribution in [0.2, 0.25) is 0 Å². The third kappa shape index (κ3) is 2.52. The molecule has 0 radical (unpaired) electrons. The molecule has 2 aromatic rings. The van der Waals surface area contributed by atoms with E-state index >= 15 is 0 Å². The molecule has 2 heteroatoms. The average Bonchev–Trinajstić information content (AvgIpc) is 2.64. The average molecular weight is 245 g/mol. The van der Waals surface area contributed by atoms with E-state index in [1.54, 1.807) is 0 Å². The second-order valence-electron chi connectivity index (χ2n) is 5.46. The van der Waals surface area contributed by atoms with Crippen molar-refractivity contribution in [2.24, 2.45) is 0 Å². The number of hydrogen-bond donors (Lipinski definition) is 1. The number of hydrogen-bond acceptors (Lipinski definition) is 2. The molecule has 17 heavy (non-hydrogen) atoms. The van der Waals surface area contributed by atoms with E-state index in [2.05, 4.69) is 52.0 Å². The van der Waals surface area contributed by atoms with Crippen LogP contribution < -0.4 is 5.73 Å². The van der Waals surface area contributed by atoms with Crippen LogP contribution in [0.25, 0.3) is 10.4 Å². The second kappa shape index (κ2) is 4.19. The van der Waals surface area contributed by atoms with Gasteiger partial charge < -0.3 is 5.73 Å². The van der Waals surface area contributed by atoms with Gasteiger partial charge in [-0.15, -0.1) is 11.3 Å². The highest BCUT2D eigenvalue weighted by Gasteiger charge is 2.17. The minimum atomic E-state index is 0.0897. The van der Waals surface area contributed by atoms with Crippen LogP contribution in [0.5, 0.6) is 0 Å². The number of anilines is 1. The molecule has 0 amide bonds. The smallest absolute Gasteiger partial charge is 0.0352 e. The van der Waals surface area contributed by atoms with Gasteiger partial charge in [-0.2, -0.15) is 0 Å². The Morgan fingerprint density at radius 1 is 1.06 bits per heavy atom. The SMILES string of the molecule is Cc1ccc(-c2ccc(N)c(C(C)(C)C)c2)s1. The van der Waals surface area contributed by atoms with Gasteiger partial charge in [0.1, 0.15) is 0 Å². The Bertz CT molecular complexity index is 532. The van der Waals surface area contributed by atoms with Gasteiger partial charge in [-0.1, -0.05) is 26.8 Å². The van der Waals surface area contributed by atoms with Gasteiger partial charge in [0, 0.05) is 15.4 Å². The first kappa shape index (κ1) is 12.2. The number of aryl methyl sites for hydroxylation is 1. The Kier molecular flexibility index (Phi) is 3.00. The zero-order chi connectivity index (χ0) is 12.6. The fourth-order valence-corrected chi connectivity index (χ4v) is 2.81. The summed E-state index contributed by atoms with van der Waals surface area (Å²) in [7, 11) is 0. The van der Waals surface area contributed by atoms with Gasteiger partial charge in [-0.25, -0.2) is 0 Å². The molecule has 90 valence electrons. The quantitative estimate of drug-likeness (QED) is 0.730. The molecule has 0 aliphatic carbocycles. The zero-order valence-corrected chi connectivity index (χ0v) is 11.7. The summed E-state index contributed by atoms with van der Waals surface area (Å²) in [5.41, 5.74) is 9.52. The van der Waals surface area contributed by atoms with Crippen LogP contribution in [0.3, 0.4) is 0 Å². The van der Waals surface area contributed by atoms with E-state index in [9.17, 15) is 0 Å². The molecule has 0 unspecified atom stereocenters. The highest BCUT2D eigenvalue weighted by Crippen LogP contribution is 2.34. The minimum absolute atomic E-state index is 0.0897. The van der Waals surface area contributed by atoms with Crippen molar-refractivity contribution in [2.75, 3.05) is 5.73 Å². The van der Waals surface area contributed by atoms with Crippen LogP contribution in [0.15, 0.2) is 30.3 Å². The van der Waals surface area contributed by atoms with E-state index in [4.69, 9.17) is 5.73 Å². The van der Waals surface area contributed by atoms with Crippen LogP contribution in [0.1, 0.15) is 31.2 Å². The highest BCUT2D eigenvalue weighted by atomic mass is 32.1. The lowest BCUT2D eigenvalue weighted by molar-refractivity contribution is 0.593. The van der Waals surface area contributed by atoms with Crippen LogP contribution in [-0.4, -0.2) is 0 Å². The first-order chi connectivity index (χ1) is 7.88. The lowest BCUT2D eigenvalue weighted by atomic mass is 9.85. The van der Waals surface area contributed by atoms with Crippen LogP contribution >= 0.6 is 11.3 Å². The molecular formula is C15H19NS. The maximum atomic E-state index is 6.06. The summed E-state index contributed by atoms with van der Waals surface area (Å²) >= 11 is 1.83. The van der Waals surface area contributed by atoms with E-state index in [0.717, 1.165) is 5.69 Å². The van der Waals surface area contributed by atoms with Crippen LogP contribution in [0.4, 0.5) is 5.69 Å². The Morgan fingerprint density at radius 3 is 2.29 bits per heavy atom. The molecule has 0 bridgehead atoms. The van der Waals surface area contributed by atoms with Crippen molar-refractivity contribution >= 4 is 17.0 Å². The molecule has 0 spiro atoms. The van der Waals surface area contributed by atoms with Gasteiger partial charge in [0.25, 0.3) is 0 Å². The third-order valence-corrected chi connectivity index (χ3v) is 3.94. The molecule has 1 aromatic carbocycles. The van der Waals surface area contributed by atoms with Crippen molar-refractivity contribution in [3.8, 4) is 10.4 Å². The Labute approximate surface area is 107 Å². The summed E-state index contributed by atoms with van der Waals surface area (Å²) < 4.78 is 0. The number of nitrogens with two attached hydrogens (primary N) is 1. The van der Waals surface area contributed by atoms with Gasteiger partial charge >= 0.3 is 0 Å². The lowest BCUT2D eigenvalue weighted by Crippen LogP contribution is -2.13. The highest BCUT2D eigenvalue weighted by molar-refractivity contribution is 7.15. The summed E-state index contributed by atoms with van der Waals surface area (Å²) in [6.07, 6.45) is 0. The monoisotopic (exact) mass is 245 g/mol. The standard InChI is InChI=1S/C15H19NS/c1-10-5-8-14(17-10)11-6-7-13(16)12(9-11)15(2,3)4/h5-9H,16H2,1-4H3. The van der Waals surface area contributed by atoms with Gasteiger partial charge in [-0.05, 0) is 47.7 Å². The lowest BCUT2D eigenvalue weighted by Gasteiger charge is -2.22. The molecule has 1 heterocycles. The molecule has 0 saturated carbocycles. The molecule has 0 aliphatic rings. The van der Waals surface area contributed by atoms with E-state index in [1.165, 1.54) is 20.9 Å². The van der Waals surface area contributed by atoms with Crippen molar-refractivity contribution in [3.63, 3.8) is 0 Å². The summed E-state index contributed by atoms with van der Waals surface area (Å²) in [5, 5.41) is 0. The normalized spacial score (nSPS) is 11.8. The zero-order valence-electron chi connectivity index (χ0n) is 10.9. The minimum Gasteiger partial charge on any atom is -0.398 e. The number of benzene rings is 1. The summed E-state index contributed by atoms with van der Waals surface area (Å²) in [4.78, 5) is 2.65. The van der Waals surface area contributed by atoms with E-state index in [1.807, 2.05) is 17.4 Å². The predicted octanol–water partition coefficient (Wildman–Crippen LogP) is 4.60. The van der Waals surface area contributed by atoms with Gasteiger partial charge in [-0.3, -0.25) is 0 Å². The first-order valence-electron chi connectivity index (χ1n) is 5.85. The van der Waals surface area contributed by atoms with Crippen molar-refractivity contribution in [1.29, 1.82) is 0 Å². The van der Waals surface area contributed by atoms with E-state index in [0.29, 0.717) is 0 Å². The fourth-order valence-electron chi connectivity index (χ4n) is 1.95. The molecule has 1 aromatic heterocycles. The molecule has 2 rings (SSSR count). The summed E-state index contributed by atoms with van der Waals surface area (Å²) in [6.45, 7) is 8.72. The maximum absolute atomic E-state index is 6.06. The molecule has 0 aliphatic heterocycles. The maximum Gasteiger partial charge on any atom is 0.0352 e. The summed E-state index contributed by atoms with van der Waals surface area (Å²) in [5.74, 6) is 0. The van der Waals surface area contributed by atoms with Gasteiger partial charge in [0.2, 0.25) is 0 Å². The van der Waals surface area contributed by atoms with Gasteiger partial charge in [0.05, 0.1) is 0 Å². The topological polar surface area (TPSA) is 26.0 Å². The van der Waals surface area contributed by atoms with E-state index < -0.39 is 0 Å². The number of nitrogen functional groups attached to an aromatic ring is 1. The van der Waals surface area contributed by atoms with Crippen molar-refractivity contribution in [2.45, 2.75) is 33.1 Å². The summed E-state index contributed by atoms with van der Waals surface area (Å²) in [6, 6.07) is 10.7. The number of rotatable bonds is 1. The molecular weight excluding hydrogens is 226 g/mol. The third-order valence-electron chi connectivity index (χ3n) is 2.89. The Hall–Kier alpha value is -1.28. The second-order valence-corrected chi connectivity index (χ2v) is 6.75. The van der Waals surface area contributed by atoms with Crippen molar-refractivity contribution < 1.29 is 0 Å². The van der Waals surface area contributed by atoms with Crippen LogP contribution in [0, 0.1) is 6.92 Å². The molecule has 1 nitrogen and oxygen atoms in total. The molecule has 0 fully saturated rings. The Morgan fingerprint density at radius 2 is 1.76 bits per heavy atom. The largest absolute Gasteiger partial charge is 0.398 e. The molecule has 0 atom stereocenters. The molecule has 0 saturated heterocycles. The van der Waals surface area contributed by atoms with E-state index in [-0.39, 0.29) is 5.41 Å². The van der Waals surface area contributed by atoms with Crippen LogP contribution in [-0.2, 0) is 5.41 Å². The predicted molar refractivity (Wildman–Crippen MR) is 77.6 cm³/mol. The first-order valence-corrected chi connectivity index (χ1v) is 6.66. The molecule has 2 N–H and O–H groups in total. The Balaban J connectivity index is 2.51. The van der Waals surface area contributed by atoms with Gasteiger partial charge in [0.15, 0.2) is 0 Å². The number of thiophene rings is 1.